The molecule has 0 radical (unpaired) electrons. The normalized spacial score (nSPS) is 13.2. The second kappa shape index (κ2) is 8.61. The number of hydrogen-bond acceptors (Lipinski definition) is 3. The third-order valence-corrected chi connectivity index (χ3v) is 6.52. The summed E-state index contributed by atoms with van der Waals surface area (Å²) in [6, 6.07) is 15.8. The van der Waals surface area contributed by atoms with Gasteiger partial charge in [-0.1, -0.05) is 55.8 Å². The van der Waals surface area contributed by atoms with Crippen molar-refractivity contribution in [2.75, 3.05) is 13.1 Å². The van der Waals surface area contributed by atoms with Crippen LogP contribution in [0.2, 0.25) is 0 Å². The molecule has 0 aliphatic rings. The second-order valence-electron chi connectivity index (χ2n) is 6.25. The van der Waals surface area contributed by atoms with Crippen molar-refractivity contribution in [3.8, 4) is 0 Å². The van der Waals surface area contributed by atoms with Gasteiger partial charge in [0.1, 0.15) is 0 Å². The Labute approximate surface area is 151 Å². The predicted molar refractivity (Wildman–Crippen MR) is 103 cm³/mol. The number of rotatable bonds is 8. The van der Waals surface area contributed by atoms with E-state index in [0.717, 1.165) is 12.1 Å². The summed E-state index contributed by atoms with van der Waals surface area (Å²) >= 11 is 0. The van der Waals surface area contributed by atoms with Gasteiger partial charge in [0.05, 0.1) is 4.90 Å². The molecule has 0 aliphatic carbocycles. The Morgan fingerprint density at radius 3 is 2.04 bits per heavy atom. The monoisotopic (exact) mass is 360 g/mol. The van der Waals surface area contributed by atoms with Crippen molar-refractivity contribution < 1.29 is 8.42 Å². The van der Waals surface area contributed by atoms with Gasteiger partial charge in [-0.2, -0.15) is 4.31 Å². The third-order valence-electron chi connectivity index (χ3n) is 4.46. The van der Waals surface area contributed by atoms with E-state index in [0.29, 0.717) is 18.0 Å². The number of hydrogen-bond donors (Lipinski definition) is 1. The first kappa shape index (κ1) is 19.6. The minimum atomic E-state index is -3.39. The Balaban J connectivity index is 2.04. The van der Waals surface area contributed by atoms with Crippen molar-refractivity contribution in [2.45, 2.75) is 45.2 Å². The molecule has 136 valence electrons. The molecule has 0 spiro atoms. The summed E-state index contributed by atoms with van der Waals surface area (Å²) in [6.07, 6.45) is 0. The summed E-state index contributed by atoms with van der Waals surface area (Å²) < 4.78 is 26.5. The fraction of sp³-hybridized carbons (Fsp3) is 0.400. The Bertz CT molecular complexity index is 764. The lowest BCUT2D eigenvalue weighted by molar-refractivity contribution is 0.445. The molecule has 0 amide bonds. The first-order valence-corrected chi connectivity index (χ1v) is 10.2. The lowest BCUT2D eigenvalue weighted by Crippen LogP contribution is -2.30. The largest absolute Gasteiger partial charge is 0.306 e. The van der Waals surface area contributed by atoms with E-state index in [1.165, 1.54) is 15.4 Å². The minimum Gasteiger partial charge on any atom is -0.306 e. The van der Waals surface area contributed by atoms with Crippen molar-refractivity contribution >= 4 is 10.0 Å². The smallest absolute Gasteiger partial charge is 0.243 e. The van der Waals surface area contributed by atoms with Gasteiger partial charge in [0.15, 0.2) is 0 Å². The molecular formula is C20H28N2O2S. The highest BCUT2D eigenvalue weighted by atomic mass is 32.2. The van der Waals surface area contributed by atoms with Crippen molar-refractivity contribution in [2.24, 2.45) is 0 Å². The summed E-state index contributed by atoms with van der Waals surface area (Å²) in [7, 11) is -3.39. The predicted octanol–water partition coefficient (Wildman–Crippen LogP) is 3.88. The number of sulfonamides is 1. The summed E-state index contributed by atoms with van der Waals surface area (Å²) in [6.45, 7) is 9.61. The standard InChI is InChI=1S/C20H28N2O2S/c1-5-22(6-2)25(23,24)20-13-11-19(12-14-20)17(4)21-15-18-9-7-16(3)8-10-18/h7-14,17,21H,5-6,15H2,1-4H3/t17-/m0/s1. The van der Waals surface area contributed by atoms with Crippen LogP contribution < -0.4 is 5.32 Å². The SMILES string of the molecule is CCN(CC)S(=O)(=O)c1ccc([C@H](C)NCc2ccc(C)cc2)cc1. The van der Waals surface area contributed by atoms with Crippen LogP contribution in [0.4, 0.5) is 0 Å². The van der Waals surface area contributed by atoms with E-state index in [1.807, 2.05) is 26.0 Å². The molecule has 0 bridgehead atoms. The minimum absolute atomic E-state index is 0.145. The van der Waals surface area contributed by atoms with Crippen LogP contribution in [0.25, 0.3) is 0 Å². The molecular weight excluding hydrogens is 332 g/mol. The third kappa shape index (κ3) is 4.91. The fourth-order valence-corrected chi connectivity index (χ4v) is 4.19. The molecule has 2 aromatic carbocycles. The maximum atomic E-state index is 12.5. The molecule has 2 rings (SSSR count). The zero-order chi connectivity index (χ0) is 18.4. The Hall–Kier alpha value is -1.69. The van der Waals surface area contributed by atoms with Crippen molar-refractivity contribution in [3.63, 3.8) is 0 Å². The lowest BCUT2D eigenvalue weighted by Gasteiger charge is -2.19. The maximum Gasteiger partial charge on any atom is 0.243 e. The van der Waals surface area contributed by atoms with Crippen LogP contribution in [0.3, 0.4) is 0 Å². The number of aryl methyl sites for hydroxylation is 1. The highest BCUT2D eigenvalue weighted by Crippen LogP contribution is 2.19. The Morgan fingerprint density at radius 1 is 0.960 bits per heavy atom. The summed E-state index contributed by atoms with van der Waals surface area (Å²) in [5, 5.41) is 3.48. The molecule has 0 saturated carbocycles. The van der Waals surface area contributed by atoms with Crippen LogP contribution in [0.15, 0.2) is 53.4 Å². The molecule has 5 heteroatoms. The van der Waals surface area contributed by atoms with Crippen LogP contribution in [0.5, 0.6) is 0 Å². The van der Waals surface area contributed by atoms with E-state index in [-0.39, 0.29) is 6.04 Å². The molecule has 0 fully saturated rings. The number of nitrogens with one attached hydrogen (secondary N) is 1. The van der Waals surface area contributed by atoms with Gasteiger partial charge in [-0.05, 0) is 37.1 Å². The number of nitrogens with zero attached hydrogens (tertiary/aromatic N) is 1. The molecule has 0 saturated heterocycles. The molecule has 2 aromatic rings. The average Bonchev–Trinajstić information content (AvgIpc) is 2.62. The topological polar surface area (TPSA) is 49.4 Å². The van der Waals surface area contributed by atoms with Crippen molar-refractivity contribution in [1.82, 2.24) is 9.62 Å². The first-order chi connectivity index (χ1) is 11.9. The van der Waals surface area contributed by atoms with Gasteiger partial charge in [0.2, 0.25) is 10.0 Å². The average molecular weight is 361 g/mol. The Kier molecular flexibility index (Phi) is 6.76. The fourth-order valence-electron chi connectivity index (χ4n) is 2.74. The maximum absolute atomic E-state index is 12.5. The van der Waals surface area contributed by atoms with Crippen molar-refractivity contribution in [1.29, 1.82) is 0 Å². The van der Waals surface area contributed by atoms with Gasteiger partial charge in [-0.15, -0.1) is 0 Å². The van der Waals surface area contributed by atoms with E-state index in [2.05, 4.69) is 43.4 Å². The van der Waals surface area contributed by atoms with Gasteiger partial charge in [0, 0.05) is 25.7 Å². The highest BCUT2D eigenvalue weighted by Gasteiger charge is 2.21. The zero-order valence-electron chi connectivity index (χ0n) is 15.5. The molecule has 25 heavy (non-hydrogen) atoms. The number of benzene rings is 2. The van der Waals surface area contributed by atoms with E-state index in [4.69, 9.17) is 0 Å². The van der Waals surface area contributed by atoms with Gasteiger partial charge in [0.25, 0.3) is 0 Å². The molecule has 0 aromatic heterocycles. The van der Waals surface area contributed by atoms with Crippen molar-refractivity contribution in [3.05, 3.63) is 65.2 Å². The van der Waals surface area contributed by atoms with Gasteiger partial charge in [-0.3, -0.25) is 0 Å². The molecule has 1 atom stereocenters. The molecule has 4 nitrogen and oxygen atoms in total. The van der Waals surface area contributed by atoms with E-state index in [9.17, 15) is 8.42 Å². The van der Waals surface area contributed by atoms with Crippen LogP contribution in [-0.4, -0.2) is 25.8 Å². The first-order valence-electron chi connectivity index (χ1n) is 8.77. The van der Waals surface area contributed by atoms with Gasteiger partial charge >= 0.3 is 0 Å². The molecule has 1 N–H and O–H groups in total. The van der Waals surface area contributed by atoms with E-state index >= 15 is 0 Å². The Morgan fingerprint density at radius 2 is 1.52 bits per heavy atom. The van der Waals surface area contributed by atoms with E-state index in [1.54, 1.807) is 12.1 Å². The second-order valence-corrected chi connectivity index (χ2v) is 8.18. The molecule has 0 unspecified atom stereocenters. The lowest BCUT2D eigenvalue weighted by atomic mass is 10.1. The van der Waals surface area contributed by atoms with Gasteiger partial charge in [-0.25, -0.2) is 8.42 Å². The summed E-state index contributed by atoms with van der Waals surface area (Å²) in [5.74, 6) is 0. The van der Waals surface area contributed by atoms with Gasteiger partial charge < -0.3 is 5.32 Å². The summed E-state index contributed by atoms with van der Waals surface area (Å²) in [5.41, 5.74) is 3.56. The van der Waals surface area contributed by atoms with Crippen LogP contribution in [0, 0.1) is 6.92 Å². The summed E-state index contributed by atoms with van der Waals surface area (Å²) in [4.78, 5) is 0.352. The van der Waals surface area contributed by atoms with Crippen LogP contribution >= 0.6 is 0 Å². The van der Waals surface area contributed by atoms with Crippen LogP contribution in [0.1, 0.15) is 43.5 Å². The van der Waals surface area contributed by atoms with Crippen LogP contribution in [-0.2, 0) is 16.6 Å². The highest BCUT2D eigenvalue weighted by molar-refractivity contribution is 7.89. The zero-order valence-corrected chi connectivity index (χ0v) is 16.3. The molecule has 0 heterocycles. The van der Waals surface area contributed by atoms with E-state index < -0.39 is 10.0 Å². The quantitative estimate of drug-likeness (QED) is 0.777. The molecule has 0 aliphatic heterocycles.